The summed E-state index contributed by atoms with van der Waals surface area (Å²) in [6, 6.07) is 26.1. The van der Waals surface area contributed by atoms with E-state index in [0.717, 1.165) is 73.9 Å². The summed E-state index contributed by atoms with van der Waals surface area (Å²) in [5.74, 6) is -0.870. The zero-order valence-corrected chi connectivity index (χ0v) is 36.6. The monoisotopic (exact) mass is 836 g/mol. The van der Waals surface area contributed by atoms with Gasteiger partial charge in [0.25, 0.3) is 5.69 Å². The number of fused-ring (bicyclic) bond motifs is 4. The maximum atomic E-state index is 12.9. The predicted octanol–water partition coefficient (Wildman–Crippen LogP) is 11.2. The minimum atomic E-state index is -1.10. The molecule has 0 radical (unpaired) electrons. The summed E-state index contributed by atoms with van der Waals surface area (Å²) in [5.41, 5.74) is 10.5. The van der Waals surface area contributed by atoms with E-state index in [0.29, 0.717) is 23.1 Å². The molecule has 2 aliphatic rings. The fourth-order valence-electron chi connectivity index (χ4n) is 9.00. The van der Waals surface area contributed by atoms with Crippen LogP contribution in [-0.4, -0.2) is 72.8 Å². The Kier molecular flexibility index (Phi) is 14.7. The molecule has 0 bridgehead atoms. The molecule has 2 fully saturated rings. The standard InChI is InChI=1S/C21H26N2O2.C12H11NO3.C9H12NO.C9H9N/c1-14-6-4-9-17-21(14)16(13-22-17)19(24)12-20(25)23-11-5-8-15-7-2-3-10-18(15)23;1-7-3-2-4-9-12(7)8(6-13-9)10(14)5-11(15)16;1-7-5-4-6-9(8(7)2)10(3)11;1-7-3-2-4-9-8(7)5-6-10-9/h4,6,9,13,15,18,22H,2-3,5,7-8,10-12H2,1H3;2-4,6,13H,5H2,1H3,(H,15,16);4-6H,1-3H3;2-6,10H,1H3/q;;+1;. The van der Waals surface area contributed by atoms with Crippen molar-refractivity contribution in [1.29, 1.82) is 0 Å². The van der Waals surface area contributed by atoms with Crippen LogP contribution in [0.1, 0.15) is 99.9 Å². The van der Waals surface area contributed by atoms with Crippen molar-refractivity contribution >= 4 is 61.8 Å². The SMILES string of the molecule is Cc1cccc([N+](C)=O)c1C.Cc1cccc2[nH]cc(C(=O)CC(=O)N3CCCC4CCCCC43)c12.Cc1cccc2[nH]cc(C(=O)CC(=O)O)c12.Cc1cccc2[nH]ccc12. The van der Waals surface area contributed by atoms with Gasteiger partial charge in [-0.05, 0) is 113 Å². The Hall–Kier alpha value is -6.62. The Morgan fingerprint density at radius 2 is 1.18 bits per heavy atom. The molecule has 1 aliphatic heterocycles. The van der Waals surface area contributed by atoms with E-state index < -0.39 is 12.4 Å². The average Bonchev–Trinajstić information content (AvgIpc) is 4.03. The zero-order chi connectivity index (χ0) is 44.5. The second-order valence-electron chi connectivity index (χ2n) is 16.6. The normalized spacial score (nSPS) is 15.6. The van der Waals surface area contributed by atoms with Crippen LogP contribution in [0.3, 0.4) is 0 Å². The van der Waals surface area contributed by atoms with Gasteiger partial charge in [0.05, 0.1) is 6.42 Å². The van der Waals surface area contributed by atoms with Crippen LogP contribution in [0.5, 0.6) is 0 Å². The fraction of sp³-hybridized carbons (Fsp3) is 0.333. The molecule has 9 rings (SSSR count). The summed E-state index contributed by atoms with van der Waals surface area (Å²) < 4.78 is 0.891. The molecule has 11 heteroatoms. The van der Waals surface area contributed by atoms with E-state index in [4.69, 9.17) is 5.11 Å². The Morgan fingerprint density at radius 3 is 1.76 bits per heavy atom. The Balaban J connectivity index is 0.000000149. The smallest absolute Gasteiger partial charge is 0.311 e. The number of piperidine rings is 1. The van der Waals surface area contributed by atoms with Gasteiger partial charge < -0.3 is 25.0 Å². The fourth-order valence-corrected chi connectivity index (χ4v) is 9.00. The highest BCUT2D eigenvalue weighted by molar-refractivity contribution is 6.15. The zero-order valence-electron chi connectivity index (χ0n) is 36.6. The first-order valence-corrected chi connectivity index (χ1v) is 21.5. The molecule has 4 heterocycles. The van der Waals surface area contributed by atoms with E-state index >= 15 is 0 Å². The number of nitrogens with zero attached hydrogens (tertiary/aromatic N) is 2. The van der Waals surface area contributed by atoms with E-state index in [9.17, 15) is 24.1 Å². The van der Waals surface area contributed by atoms with Crippen molar-refractivity contribution in [2.75, 3.05) is 13.6 Å². The summed E-state index contributed by atoms with van der Waals surface area (Å²) in [4.78, 5) is 70.1. The van der Waals surface area contributed by atoms with Gasteiger partial charge in [-0.15, -0.1) is 0 Å². The van der Waals surface area contributed by atoms with E-state index in [1.807, 2.05) is 93.4 Å². The Morgan fingerprint density at radius 1 is 0.645 bits per heavy atom. The lowest BCUT2D eigenvalue weighted by Gasteiger charge is -2.44. The van der Waals surface area contributed by atoms with Crippen molar-refractivity contribution in [2.24, 2.45) is 5.92 Å². The number of aryl methyl sites for hydroxylation is 4. The number of hydrogen-bond donors (Lipinski definition) is 4. The number of nitroso groups, excluding NO2 is 1. The van der Waals surface area contributed by atoms with Gasteiger partial charge in [0, 0.05) is 96.3 Å². The van der Waals surface area contributed by atoms with Gasteiger partial charge in [-0.3, -0.25) is 19.2 Å². The third-order valence-electron chi connectivity index (χ3n) is 12.3. The van der Waals surface area contributed by atoms with Crippen molar-refractivity contribution in [3.63, 3.8) is 0 Å². The van der Waals surface area contributed by atoms with Gasteiger partial charge in [0.15, 0.2) is 18.6 Å². The van der Waals surface area contributed by atoms with Crippen molar-refractivity contribution in [3.05, 3.63) is 141 Å². The van der Waals surface area contributed by atoms with Crippen LogP contribution in [0, 0.1) is 45.4 Å². The first-order valence-electron chi connectivity index (χ1n) is 21.5. The highest BCUT2D eigenvalue weighted by Gasteiger charge is 2.36. The van der Waals surface area contributed by atoms with Crippen molar-refractivity contribution in [3.8, 4) is 0 Å². The molecule has 4 aromatic carbocycles. The second kappa shape index (κ2) is 20.3. The van der Waals surface area contributed by atoms with Crippen molar-refractivity contribution in [2.45, 2.75) is 92.0 Å². The molecule has 4 N–H and O–H groups in total. The van der Waals surface area contributed by atoms with Crippen LogP contribution < -0.4 is 0 Å². The summed E-state index contributed by atoms with van der Waals surface area (Å²) >= 11 is 0. The van der Waals surface area contributed by atoms with Gasteiger partial charge in [-0.1, -0.05) is 61.4 Å². The van der Waals surface area contributed by atoms with Crippen LogP contribution in [0.25, 0.3) is 32.7 Å². The van der Waals surface area contributed by atoms with Crippen LogP contribution in [0.15, 0.2) is 97.5 Å². The molecule has 322 valence electrons. The molecule has 0 spiro atoms. The summed E-state index contributed by atoms with van der Waals surface area (Å²) in [7, 11) is 1.52. The minimum Gasteiger partial charge on any atom is -0.481 e. The van der Waals surface area contributed by atoms with Crippen LogP contribution in [0.2, 0.25) is 0 Å². The number of Topliss-reactive ketones (excluding diaryl/α,β-unsaturated/α-hetero) is 2. The topological polar surface area (TPSA) is 159 Å². The highest BCUT2D eigenvalue weighted by atomic mass is 16.4. The number of carboxylic acids is 1. The van der Waals surface area contributed by atoms with Gasteiger partial charge in [-0.25, -0.2) is 0 Å². The number of hydrogen-bond acceptors (Lipinski definition) is 5. The summed E-state index contributed by atoms with van der Waals surface area (Å²) in [6.07, 6.45) is 12.0. The molecule has 2 atom stereocenters. The maximum absolute atomic E-state index is 12.9. The molecule has 11 nitrogen and oxygen atoms in total. The maximum Gasteiger partial charge on any atom is 0.311 e. The lowest BCUT2D eigenvalue weighted by Crippen LogP contribution is -2.50. The predicted molar refractivity (Wildman–Crippen MR) is 246 cm³/mol. The number of carboxylic acid groups (broad SMARTS) is 1. The third kappa shape index (κ3) is 10.5. The number of ketones is 2. The number of aliphatic carboxylic acids is 1. The molecule has 1 amide bonds. The first kappa shape index (κ1) is 44.9. The van der Waals surface area contributed by atoms with E-state index in [1.165, 1.54) is 49.2 Å². The Bertz CT molecular complexity index is 2740. The average molecular weight is 837 g/mol. The van der Waals surface area contributed by atoms with E-state index in [1.54, 1.807) is 12.4 Å². The number of aromatic amines is 3. The van der Waals surface area contributed by atoms with Crippen LogP contribution in [0.4, 0.5) is 5.69 Å². The van der Waals surface area contributed by atoms with Gasteiger partial charge in [0.1, 0.15) is 6.42 Å². The van der Waals surface area contributed by atoms with E-state index in [2.05, 4.69) is 46.1 Å². The second-order valence-corrected chi connectivity index (χ2v) is 16.6. The molecule has 3 aromatic heterocycles. The molecule has 62 heavy (non-hydrogen) atoms. The summed E-state index contributed by atoms with van der Waals surface area (Å²) in [6.45, 7) is 10.8. The van der Waals surface area contributed by atoms with Crippen molar-refractivity contribution < 1.29 is 29.0 Å². The minimum absolute atomic E-state index is 0.00942. The van der Waals surface area contributed by atoms with Crippen LogP contribution >= 0.6 is 0 Å². The molecule has 1 aliphatic carbocycles. The lowest BCUT2D eigenvalue weighted by molar-refractivity contribution is -0.428. The first-order chi connectivity index (χ1) is 29.7. The number of rotatable bonds is 7. The highest BCUT2D eigenvalue weighted by Crippen LogP contribution is 2.36. The van der Waals surface area contributed by atoms with Crippen molar-refractivity contribution in [1.82, 2.24) is 19.9 Å². The number of benzene rings is 4. The largest absolute Gasteiger partial charge is 0.481 e. The van der Waals surface area contributed by atoms with E-state index in [-0.39, 0.29) is 23.9 Å². The van der Waals surface area contributed by atoms with Crippen LogP contribution in [-0.2, 0) is 9.59 Å². The van der Waals surface area contributed by atoms with Gasteiger partial charge >= 0.3 is 5.97 Å². The molecule has 1 saturated heterocycles. The number of aromatic nitrogens is 3. The molecular formula is C51H58N5O6+. The summed E-state index contributed by atoms with van der Waals surface area (Å²) in [5, 5.41) is 11.7. The number of likely N-dealkylation sites (tertiary alicyclic amines) is 1. The van der Waals surface area contributed by atoms with Gasteiger partial charge in [-0.2, -0.15) is 0 Å². The Labute approximate surface area is 362 Å². The number of amides is 1. The third-order valence-corrected chi connectivity index (χ3v) is 12.3. The quantitative estimate of drug-likeness (QED) is 0.0710. The number of nitrogens with one attached hydrogen (secondary N) is 3. The number of H-pyrrole nitrogens is 3. The molecule has 1 saturated carbocycles. The molecular weight excluding hydrogens is 779 g/mol. The van der Waals surface area contributed by atoms with Gasteiger partial charge in [0.2, 0.25) is 5.91 Å². The number of carbonyl (C=O) groups is 4. The number of carbonyl (C=O) groups excluding carboxylic acids is 3. The molecule has 7 aromatic rings. The molecule has 2 unspecified atom stereocenters. The lowest BCUT2D eigenvalue weighted by atomic mass is 9.78.